The summed E-state index contributed by atoms with van der Waals surface area (Å²) in [5, 5.41) is 3.36. The molecule has 0 aromatic carbocycles. The summed E-state index contributed by atoms with van der Waals surface area (Å²) in [6.07, 6.45) is 1.89. The Bertz CT molecular complexity index is 280. The normalized spacial score (nSPS) is 41.2. The second kappa shape index (κ2) is 6.02. The monoisotopic (exact) mass is 277 g/mol. The molecule has 0 saturated heterocycles. The van der Waals surface area contributed by atoms with Crippen LogP contribution in [0.1, 0.15) is 58.8 Å². The zero-order chi connectivity index (χ0) is 14.0. The van der Waals surface area contributed by atoms with Crippen LogP contribution >= 0.6 is 0 Å². The molecule has 1 N–H and O–H groups in total. The second-order valence-corrected chi connectivity index (χ2v) is 6.82. The Morgan fingerprint density at radius 2 is 1.47 bits per heavy atom. The van der Waals surface area contributed by atoms with Gasteiger partial charge in [-0.05, 0) is 43.9 Å². The molecule has 112 valence electrons. The molecule has 0 aromatic heterocycles. The standard InChI is InChI=1S/C15H26F3N/c1-10-7-11(2)9-12(8-10)19-14-6-4-3-5-13(14)15(16,17)18/h10-14,19H,3-9H2,1-2H3. The molecule has 2 aliphatic rings. The van der Waals surface area contributed by atoms with E-state index in [-0.39, 0.29) is 12.1 Å². The molecule has 2 saturated carbocycles. The first-order valence-electron chi connectivity index (χ1n) is 7.69. The average Bonchev–Trinajstić information content (AvgIpc) is 2.26. The van der Waals surface area contributed by atoms with Gasteiger partial charge in [0.25, 0.3) is 0 Å². The molecule has 0 bridgehead atoms. The van der Waals surface area contributed by atoms with Crippen molar-refractivity contribution in [2.45, 2.75) is 77.1 Å². The van der Waals surface area contributed by atoms with E-state index >= 15 is 0 Å². The summed E-state index contributed by atoms with van der Waals surface area (Å²) in [5.74, 6) is 0.136. The van der Waals surface area contributed by atoms with Crippen LogP contribution in [0.4, 0.5) is 13.2 Å². The van der Waals surface area contributed by atoms with Crippen molar-refractivity contribution >= 4 is 0 Å². The van der Waals surface area contributed by atoms with Crippen molar-refractivity contribution in [3.63, 3.8) is 0 Å². The summed E-state index contributed by atoms with van der Waals surface area (Å²) >= 11 is 0. The molecule has 1 nitrogen and oxygen atoms in total. The highest BCUT2D eigenvalue weighted by Gasteiger charge is 2.46. The maximum absolute atomic E-state index is 13.1. The first-order valence-corrected chi connectivity index (χ1v) is 7.69. The average molecular weight is 277 g/mol. The minimum atomic E-state index is -4.04. The van der Waals surface area contributed by atoms with Crippen LogP contribution in [0.25, 0.3) is 0 Å². The van der Waals surface area contributed by atoms with Crippen LogP contribution in [0.3, 0.4) is 0 Å². The van der Waals surface area contributed by atoms with Gasteiger partial charge in [-0.25, -0.2) is 0 Å². The molecule has 0 heterocycles. The van der Waals surface area contributed by atoms with E-state index in [1.54, 1.807) is 0 Å². The number of alkyl halides is 3. The number of hydrogen-bond acceptors (Lipinski definition) is 1. The van der Waals surface area contributed by atoms with Gasteiger partial charge in [0.05, 0.1) is 5.92 Å². The predicted octanol–water partition coefficient (Wildman–Crippen LogP) is 4.52. The van der Waals surface area contributed by atoms with Crippen molar-refractivity contribution < 1.29 is 13.2 Å². The van der Waals surface area contributed by atoms with Gasteiger partial charge < -0.3 is 5.32 Å². The van der Waals surface area contributed by atoms with Crippen molar-refractivity contribution in [1.82, 2.24) is 5.32 Å². The van der Waals surface area contributed by atoms with Crippen LogP contribution in [0.15, 0.2) is 0 Å². The molecule has 0 aromatic rings. The van der Waals surface area contributed by atoms with Crippen molar-refractivity contribution in [1.29, 1.82) is 0 Å². The van der Waals surface area contributed by atoms with Crippen molar-refractivity contribution in [2.75, 3.05) is 0 Å². The van der Waals surface area contributed by atoms with E-state index in [0.29, 0.717) is 24.7 Å². The minimum Gasteiger partial charge on any atom is -0.311 e. The number of nitrogens with one attached hydrogen (secondary N) is 1. The van der Waals surface area contributed by atoms with Crippen LogP contribution in [0.2, 0.25) is 0 Å². The van der Waals surface area contributed by atoms with E-state index in [9.17, 15) is 13.2 Å². The first-order chi connectivity index (χ1) is 8.86. The molecular formula is C15H26F3N. The summed E-state index contributed by atoms with van der Waals surface area (Å²) in [5.41, 5.74) is 0. The van der Waals surface area contributed by atoms with Gasteiger partial charge in [-0.2, -0.15) is 13.2 Å². The van der Waals surface area contributed by atoms with Crippen LogP contribution in [0, 0.1) is 17.8 Å². The quantitative estimate of drug-likeness (QED) is 0.782. The lowest BCUT2D eigenvalue weighted by atomic mass is 9.78. The fourth-order valence-electron chi connectivity index (χ4n) is 4.11. The molecule has 0 aliphatic heterocycles. The van der Waals surface area contributed by atoms with E-state index in [4.69, 9.17) is 0 Å². The Morgan fingerprint density at radius 3 is 2.05 bits per heavy atom. The molecule has 0 radical (unpaired) electrons. The maximum atomic E-state index is 13.1. The second-order valence-electron chi connectivity index (χ2n) is 6.82. The molecule has 4 atom stereocenters. The highest BCUT2D eigenvalue weighted by molar-refractivity contribution is 4.90. The fourth-order valence-corrected chi connectivity index (χ4v) is 4.11. The third-order valence-corrected chi connectivity index (χ3v) is 4.81. The number of halogens is 3. The number of rotatable bonds is 2. The van der Waals surface area contributed by atoms with Crippen LogP contribution < -0.4 is 5.32 Å². The largest absolute Gasteiger partial charge is 0.393 e. The lowest BCUT2D eigenvalue weighted by molar-refractivity contribution is -0.189. The van der Waals surface area contributed by atoms with Gasteiger partial charge in [0.15, 0.2) is 0 Å². The van der Waals surface area contributed by atoms with Crippen molar-refractivity contribution in [3.8, 4) is 0 Å². The van der Waals surface area contributed by atoms with E-state index in [1.807, 2.05) is 0 Å². The smallest absolute Gasteiger partial charge is 0.311 e. The predicted molar refractivity (Wildman–Crippen MR) is 70.9 cm³/mol. The van der Waals surface area contributed by atoms with Gasteiger partial charge in [-0.1, -0.05) is 26.7 Å². The third-order valence-electron chi connectivity index (χ3n) is 4.81. The van der Waals surface area contributed by atoms with Crippen LogP contribution in [0.5, 0.6) is 0 Å². The fraction of sp³-hybridized carbons (Fsp3) is 1.00. The molecule has 0 spiro atoms. The SMILES string of the molecule is CC1CC(C)CC(NC2CCCCC2C(F)(F)F)C1. The Morgan fingerprint density at radius 1 is 0.895 bits per heavy atom. The molecule has 4 heteroatoms. The highest BCUT2D eigenvalue weighted by Crippen LogP contribution is 2.39. The molecule has 0 amide bonds. The van der Waals surface area contributed by atoms with Crippen LogP contribution in [-0.2, 0) is 0 Å². The Kier molecular flexibility index (Phi) is 4.80. The summed E-state index contributed by atoms with van der Waals surface area (Å²) in [4.78, 5) is 0. The highest BCUT2D eigenvalue weighted by atomic mass is 19.4. The molecule has 2 aliphatic carbocycles. The van der Waals surface area contributed by atoms with Gasteiger partial charge in [-0.15, -0.1) is 0 Å². The minimum absolute atomic E-state index is 0.284. The molecular weight excluding hydrogens is 251 g/mol. The zero-order valence-electron chi connectivity index (χ0n) is 12.0. The van der Waals surface area contributed by atoms with E-state index in [1.165, 1.54) is 6.42 Å². The van der Waals surface area contributed by atoms with Crippen molar-refractivity contribution in [3.05, 3.63) is 0 Å². The van der Waals surface area contributed by atoms with Gasteiger partial charge in [0.2, 0.25) is 0 Å². The Labute approximate surface area is 114 Å². The molecule has 2 fully saturated rings. The summed E-state index contributed by atoms with van der Waals surface area (Å²) in [6, 6.07) is -0.0667. The van der Waals surface area contributed by atoms with Crippen molar-refractivity contribution in [2.24, 2.45) is 17.8 Å². The lowest BCUT2D eigenvalue weighted by Gasteiger charge is -2.39. The maximum Gasteiger partial charge on any atom is 0.393 e. The summed E-state index contributed by atoms with van der Waals surface area (Å²) < 4.78 is 39.2. The van der Waals surface area contributed by atoms with E-state index in [2.05, 4.69) is 19.2 Å². The topological polar surface area (TPSA) is 12.0 Å². The molecule has 4 unspecified atom stereocenters. The van der Waals surface area contributed by atoms with Gasteiger partial charge in [0.1, 0.15) is 0 Å². The van der Waals surface area contributed by atoms with Crippen LogP contribution in [-0.4, -0.2) is 18.3 Å². The van der Waals surface area contributed by atoms with Gasteiger partial charge in [0, 0.05) is 12.1 Å². The first kappa shape index (κ1) is 15.1. The molecule has 19 heavy (non-hydrogen) atoms. The van der Waals surface area contributed by atoms with E-state index in [0.717, 1.165) is 25.7 Å². The zero-order valence-corrected chi connectivity index (χ0v) is 12.0. The van der Waals surface area contributed by atoms with Gasteiger partial charge >= 0.3 is 6.18 Å². The van der Waals surface area contributed by atoms with Gasteiger partial charge in [-0.3, -0.25) is 0 Å². The third kappa shape index (κ3) is 4.11. The number of hydrogen-bond donors (Lipinski definition) is 1. The Hall–Kier alpha value is -0.250. The lowest BCUT2D eigenvalue weighted by Crippen LogP contribution is -2.50. The summed E-state index contributed by atoms with van der Waals surface area (Å²) in [6.45, 7) is 4.43. The summed E-state index contributed by atoms with van der Waals surface area (Å²) in [7, 11) is 0. The molecule has 2 rings (SSSR count). The Balaban J connectivity index is 1.95. The van der Waals surface area contributed by atoms with E-state index < -0.39 is 12.1 Å².